The van der Waals surface area contributed by atoms with Crippen LogP contribution < -0.4 is 4.90 Å². The van der Waals surface area contributed by atoms with Crippen molar-refractivity contribution in [3.05, 3.63) is 47.4 Å². The highest BCUT2D eigenvalue weighted by Gasteiger charge is 2.09. The first kappa shape index (κ1) is 11.9. The molecule has 0 unspecified atom stereocenters. The number of hydrogen-bond acceptors (Lipinski definition) is 3. The van der Waals surface area contributed by atoms with Crippen molar-refractivity contribution in [1.82, 2.24) is 9.97 Å². The summed E-state index contributed by atoms with van der Waals surface area (Å²) < 4.78 is 0. The van der Waals surface area contributed by atoms with E-state index in [2.05, 4.69) is 46.9 Å². The molecule has 1 aromatic heterocycles. The molecule has 1 heterocycles. The second-order valence-corrected chi connectivity index (χ2v) is 4.17. The van der Waals surface area contributed by atoms with E-state index in [4.69, 9.17) is 11.6 Å². The van der Waals surface area contributed by atoms with E-state index >= 15 is 0 Å². The van der Waals surface area contributed by atoms with Crippen molar-refractivity contribution in [3.63, 3.8) is 0 Å². The zero-order valence-corrected chi connectivity index (χ0v) is 10.6. The topological polar surface area (TPSA) is 29.0 Å². The normalized spacial score (nSPS) is 10.3. The quantitative estimate of drug-likeness (QED) is 0.830. The van der Waals surface area contributed by atoms with Crippen LogP contribution >= 0.6 is 11.6 Å². The lowest BCUT2D eigenvalue weighted by atomic mass is 10.2. The standard InChI is InChI=1S/C13H14ClN3/c1-3-17(11-6-4-5-10(2)7-11)13-9-15-8-12(14)16-13/h4-9H,3H2,1-2H3. The van der Waals surface area contributed by atoms with Crippen molar-refractivity contribution in [1.29, 1.82) is 0 Å². The second-order valence-electron chi connectivity index (χ2n) is 3.78. The first-order chi connectivity index (χ1) is 8.20. The summed E-state index contributed by atoms with van der Waals surface area (Å²) in [7, 11) is 0. The Morgan fingerprint density at radius 1 is 1.29 bits per heavy atom. The summed E-state index contributed by atoms with van der Waals surface area (Å²) >= 11 is 5.86. The van der Waals surface area contributed by atoms with Gasteiger partial charge in [-0.1, -0.05) is 23.7 Å². The average Bonchev–Trinajstić information content (AvgIpc) is 2.30. The fourth-order valence-corrected chi connectivity index (χ4v) is 1.88. The molecule has 0 aliphatic heterocycles. The molecule has 0 atom stereocenters. The van der Waals surface area contributed by atoms with E-state index in [0.29, 0.717) is 5.15 Å². The van der Waals surface area contributed by atoms with Crippen molar-refractivity contribution in [2.45, 2.75) is 13.8 Å². The highest BCUT2D eigenvalue weighted by Crippen LogP contribution is 2.24. The van der Waals surface area contributed by atoms with Crippen LogP contribution in [0.2, 0.25) is 5.15 Å². The van der Waals surface area contributed by atoms with E-state index in [0.717, 1.165) is 18.1 Å². The largest absolute Gasteiger partial charge is 0.325 e. The summed E-state index contributed by atoms with van der Waals surface area (Å²) in [5, 5.41) is 0.411. The van der Waals surface area contributed by atoms with E-state index < -0.39 is 0 Å². The molecule has 0 amide bonds. The molecule has 0 fully saturated rings. The first-order valence-corrected chi connectivity index (χ1v) is 5.90. The van der Waals surface area contributed by atoms with E-state index in [1.807, 2.05) is 6.07 Å². The van der Waals surface area contributed by atoms with Crippen LogP contribution in [-0.2, 0) is 0 Å². The Hall–Kier alpha value is -1.61. The van der Waals surface area contributed by atoms with E-state index in [9.17, 15) is 0 Å². The van der Waals surface area contributed by atoms with Gasteiger partial charge in [-0.2, -0.15) is 0 Å². The summed E-state index contributed by atoms with van der Waals surface area (Å²) in [5.41, 5.74) is 2.32. The SMILES string of the molecule is CCN(c1cccc(C)c1)c1cncc(Cl)n1. The van der Waals surface area contributed by atoms with Gasteiger partial charge in [-0.15, -0.1) is 0 Å². The maximum atomic E-state index is 5.86. The Labute approximate surface area is 106 Å². The summed E-state index contributed by atoms with van der Waals surface area (Å²) in [6, 6.07) is 8.28. The number of aromatic nitrogens is 2. The molecule has 88 valence electrons. The lowest BCUT2D eigenvalue weighted by Gasteiger charge is -2.22. The first-order valence-electron chi connectivity index (χ1n) is 5.52. The van der Waals surface area contributed by atoms with E-state index in [1.54, 1.807) is 6.20 Å². The lowest BCUT2D eigenvalue weighted by molar-refractivity contribution is 0.975. The van der Waals surface area contributed by atoms with Gasteiger partial charge >= 0.3 is 0 Å². The van der Waals surface area contributed by atoms with Crippen molar-refractivity contribution < 1.29 is 0 Å². The molecule has 0 saturated heterocycles. The molecular weight excluding hydrogens is 234 g/mol. The third-order valence-electron chi connectivity index (χ3n) is 2.50. The third-order valence-corrected chi connectivity index (χ3v) is 2.68. The molecule has 1 aromatic carbocycles. The van der Waals surface area contributed by atoms with Crippen molar-refractivity contribution in [2.75, 3.05) is 11.4 Å². The minimum atomic E-state index is 0.411. The Morgan fingerprint density at radius 3 is 2.76 bits per heavy atom. The number of halogens is 1. The zero-order chi connectivity index (χ0) is 12.3. The van der Waals surface area contributed by atoms with Crippen molar-refractivity contribution in [3.8, 4) is 0 Å². The van der Waals surface area contributed by atoms with E-state index in [1.165, 1.54) is 11.8 Å². The summed E-state index contributed by atoms with van der Waals surface area (Å²) in [5.74, 6) is 0.769. The molecule has 2 aromatic rings. The number of aryl methyl sites for hydroxylation is 1. The molecule has 0 N–H and O–H groups in total. The number of anilines is 2. The molecule has 0 saturated carbocycles. The van der Waals surface area contributed by atoms with Crippen molar-refractivity contribution >= 4 is 23.1 Å². The Morgan fingerprint density at radius 2 is 2.12 bits per heavy atom. The second kappa shape index (κ2) is 5.15. The van der Waals surface area contributed by atoms with Crippen molar-refractivity contribution in [2.24, 2.45) is 0 Å². The number of rotatable bonds is 3. The highest BCUT2D eigenvalue weighted by atomic mass is 35.5. The minimum absolute atomic E-state index is 0.411. The molecule has 4 heteroatoms. The molecule has 0 bridgehead atoms. The predicted octanol–water partition coefficient (Wildman–Crippen LogP) is 3.60. The Balaban J connectivity index is 2.40. The van der Waals surface area contributed by atoms with Crippen LogP contribution in [0.4, 0.5) is 11.5 Å². The van der Waals surface area contributed by atoms with Gasteiger partial charge in [-0.25, -0.2) is 4.98 Å². The molecular formula is C13H14ClN3. The molecule has 17 heavy (non-hydrogen) atoms. The van der Waals surface area contributed by atoms with Crippen LogP contribution in [0.3, 0.4) is 0 Å². The van der Waals surface area contributed by atoms with Gasteiger partial charge in [0.1, 0.15) is 5.15 Å². The summed E-state index contributed by atoms with van der Waals surface area (Å²) in [6.45, 7) is 4.96. The van der Waals surface area contributed by atoms with Gasteiger partial charge in [-0.05, 0) is 31.5 Å². The lowest BCUT2D eigenvalue weighted by Crippen LogP contribution is -2.17. The maximum absolute atomic E-state index is 5.86. The summed E-state index contributed by atoms with van der Waals surface area (Å²) in [4.78, 5) is 10.4. The molecule has 3 nitrogen and oxygen atoms in total. The van der Waals surface area contributed by atoms with Gasteiger partial charge in [0, 0.05) is 12.2 Å². The average molecular weight is 248 g/mol. The van der Waals surface area contributed by atoms with Crippen LogP contribution in [0.5, 0.6) is 0 Å². The van der Waals surface area contributed by atoms with Gasteiger partial charge in [0.05, 0.1) is 12.4 Å². The summed E-state index contributed by atoms with van der Waals surface area (Å²) in [6.07, 6.45) is 3.26. The number of benzene rings is 1. The van der Waals surface area contributed by atoms with Crippen LogP contribution in [0.15, 0.2) is 36.7 Å². The molecule has 2 rings (SSSR count). The Bertz CT molecular complexity index is 468. The van der Waals surface area contributed by atoms with E-state index in [-0.39, 0.29) is 0 Å². The van der Waals surface area contributed by atoms with Crippen LogP contribution in [0.25, 0.3) is 0 Å². The van der Waals surface area contributed by atoms with Gasteiger partial charge in [0.15, 0.2) is 5.82 Å². The molecule has 0 radical (unpaired) electrons. The predicted molar refractivity (Wildman–Crippen MR) is 70.9 cm³/mol. The molecule has 0 aliphatic carbocycles. The fraction of sp³-hybridized carbons (Fsp3) is 0.231. The highest BCUT2D eigenvalue weighted by molar-refractivity contribution is 6.29. The maximum Gasteiger partial charge on any atom is 0.153 e. The smallest absolute Gasteiger partial charge is 0.153 e. The minimum Gasteiger partial charge on any atom is -0.325 e. The van der Waals surface area contributed by atoms with Crippen LogP contribution in [-0.4, -0.2) is 16.5 Å². The number of nitrogens with zero attached hydrogens (tertiary/aromatic N) is 3. The van der Waals surface area contributed by atoms with Gasteiger partial charge in [0.25, 0.3) is 0 Å². The van der Waals surface area contributed by atoms with Gasteiger partial charge in [-0.3, -0.25) is 4.98 Å². The van der Waals surface area contributed by atoms with Crippen LogP contribution in [0.1, 0.15) is 12.5 Å². The Kier molecular flexibility index (Phi) is 3.59. The van der Waals surface area contributed by atoms with Gasteiger partial charge in [0.2, 0.25) is 0 Å². The fourth-order valence-electron chi connectivity index (χ4n) is 1.74. The monoisotopic (exact) mass is 247 g/mol. The third kappa shape index (κ3) is 2.74. The van der Waals surface area contributed by atoms with Gasteiger partial charge < -0.3 is 4.90 Å². The molecule has 0 spiro atoms. The zero-order valence-electron chi connectivity index (χ0n) is 9.89. The molecule has 0 aliphatic rings. The van der Waals surface area contributed by atoms with Crippen LogP contribution in [0, 0.1) is 6.92 Å². The number of hydrogen-bond donors (Lipinski definition) is 0.